The van der Waals surface area contributed by atoms with Crippen LogP contribution in [0.3, 0.4) is 0 Å². The fraction of sp³-hybridized carbons (Fsp3) is 0.357. The Morgan fingerprint density at radius 2 is 2.17 bits per heavy atom. The quantitative estimate of drug-likeness (QED) is 0.914. The third kappa shape index (κ3) is 2.85. The van der Waals surface area contributed by atoms with Gasteiger partial charge in [0, 0.05) is 24.8 Å². The molecule has 0 radical (unpaired) electrons. The summed E-state index contributed by atoms with van der Waals surface area (Å²) in [5.41, 5.74) is 4.67. The minimum absolute atomic E-state index is 0.784. The Morgan fingerprint density at radius 3 is 2.83 bits per heavy atom. The summed E-state index contributed by atoms with van der Waals surface area (Å²) in [4.78, 5) is 0. The molecule has 0 atom stereocenters. The molecule has 0 aliphatic heterocycles. The molecule has 96 valence electrons. The summed E-state index contributed by atoms with van der Waals surface area (Å²) in [5.74, 6) is 0. The molecule has 0 aliphatic rings. The molecule has 1 heterocycles. The van der Waals surface area contributed by atoms with Crippen molar-refractivity contribution in [3.8, 4) is 0 Å². The summed E-state index contributed by atoms with van der Waals surface area (Å²) in [5, 5.41) is 8.63. The highest BCUT2D eigenvalue weighted by Gasteiger charge is 2.06. The van der Waals surface area contributed by atoms with E-state index in [0.717, 1.165) is 29.4 Å². The SMILES string of the molecule is CCc1nn(C)cc1NCc1ccc(Cl)cc1C. The van der Waals surface area contributed by atoms with Crippen LogP contribution in [0, 0.1) is 6.92 Å². The fourth-order valence-electron chi connectivity index (χ4n) is 1.99. The summed E-state index contributed by atoms with van der Waals surface area (Å²) >= 11 is 5.95. The second kappa shape index (κ2) is 5.44. The average Bonchev–Trinajstić information content (AvgIpc) is 2.68. The molecule has 2 rings (SSSR count). The largest absolute Gasteiger partial charge is 0.378 e. The van der Waals surface area contributed by atoms with Crippen molar-refractivity contribution in [3.63, 3.8) is 0 Å². The third-order valence-corrected chi connectivity index (χ3v) is 3.25. The van der Waals surface area contributed by atoms with E-state index >= 15 is 0 Å². The van der Waals surface area contributed by atoms with E-state index in [1.807, 2.05) is 30.1 Å². The van der Waals surface area contributed by atoms with Gasteiger partial charge in [0.2, 0.25) is 0 Å². The molecule has 1 N–H and O–H groups in total. The summed E-state index contributed by atoms with van der Waals surface area (Å²) in [6.07, 6.45) is 2.95. The lowest BCUT2D eigenvalue weighted by atomic mass is 10.1. The van der Waals surface area contributed by atoms with Crippen LogP contribution in [0.4, 0.5) is 5.69 Å². The van der Waals surface area contributed by atoms with Crippen molar-refractivity contribution in [1.82, 2.24) is 9.78 Å². The van der Waals surface area contributed by atoms with Gasteiger partial charge < -0.3 is 5.32 Å². The first-order valence-electron chi connectivity index (χ1n) is 6.11. The number of hydrogen-bond acceptors (Lipinski definition) is 2. The Bertz CT molecular complexity index is 546. The zero-order chi connectivity index (χ0) is 13.1. The lowest BCUT2D eigenvalue weighted by molar-refractivity contribution is 0.746. The minimum atomic E-state index is 0.784. The first-order valence-corrected chi connectivity index (χ1v) is 6.49. The number of aromatic nitrogens is 2. The molecule has 0 saturated carbocycles. The van der Waals surface area contributed by atoms with Crippen LogP contribution in [0.15, 0.2) is 24.4 Å². The zero-order valence-corrected chi connectivity index (χ0v) is 11.8. The molecule has 3 nitrogen and oxygen atoms in total. The van der Waals surface area contributed by atoms with E-state index in [9.17, 15) is 0 Å². The molecule has 0 bridgehead atoms. The van der Waals surface area contributed by atoms with Gasteiger partial charge in [0.15, 0.2) is 0 Å². The normalized spacial score (nSPS) is 10.7. The predicted octanol–water partition coefficient (Wildman–Crippen LogP) is 3.56. The summed E-state index contributed by atoms with van der Waals surface area (Å²) in [6.45, 7) is 4.98. The second-order valence-electron chi connectivity index (χ2n) is 4.44. The van der Waals surface area contributed by atoms with Crippen LogP contribution in [0.2, 0.25) is 5.02 Å². The number of aryl methyl sites for hydroxylation is 3. The number of rotatable bonds is 4. The van der Waals surface area contributed by atoms with Gasteiger partial charge in [-0.25, -0.2) is 0 Å². The smallest absolute Gasteiger partial charge is 0.0853 e. The van der Waals surface area contributed by atoms with Crippen molar-refractivity contribution in [1.29, 1.82) is 0 Å². The number of benzene rings is 1. The van der Waals surface area contributed by atoms with Crippen molar-refractivity contribution < 1.29 is 0 Å². The molecule has 0 spiro atoms. The summed E-state index contributed by atoms with van der Waals surface area (Å²) < 4.78 is 1.84. The number of nitrogens with one attached hydrogen (secondary N) is 1. The van der Waals surface area contributed by atoms with Crippen LogP contribution in [0.25, 0.3) is 0 Å². The van der Waals surface area contributed by atoms with Gasteiger partial charge in [0.05, 0.1) is 11.4 Å². The highest BCUT2D eigenvalue weighted by Crippen LogP contribution is 2.18. The van der Waals surface area contributed by atoms with E-state index in [2.05, 4.69) is 30.3 Å². The van der Waals surface area contributed by atoms with Gasteiger partial charge in [-0.1, -0.05) is 24.6 Å². The number of halogens is 1. The lowest BCUT2D eigenvalue weighted by Gasteiger charge is -2.08. The molecule has 2 aromatic rings. The van der Waals surface area contributed by atoms with Crippen LogP contribution in [0.1, 0.15) is 23.7 Å². The molecule has 1 aromatic carbocycles. The fourth-order valence-corrected chi connectivity index (χ4v) is 2.22. The molecular formula is C14H18ClN3. The van der Waals surface area contributed by atoms with Crippen LogP contribution >= 0.6 is 11.6 Å². The van der Waals surface area contributed by atoms with E-state index in [1.54, 1.807) is 0 Å². The molecule has 1 aromatic heterocycles. The van der Waals surface area contributed by atoms with Crippen LogP contribution < -0.4 is 5.32 Å². The van der Waals surface area contributed by atoms with E-state index in [0.29, 0.717) is 0 Å². The van der Waals surface area contributed by atoms with Gasteiger partial charge in [0.1, 0.15) is 0 Å². The van der Waals surface area contributed by atoms with Gasteiger partial charge in [-0.2, -0.15) is 5.10 Å². The Balaban J connectivity index is 2.11. The monoisotopic (exact) mass is 263 g/mol. The Kier molecular flexibility index (Phi) is 3.92. The van der Waals surface area contributed by atoms with Gasteiger partial charge in [0.25, 0.3) is 0 Å². The second-order valence-corrected chi connectivity index (χ2v) is 4.88. The topological polar surface area (TPSA) is 29.9 Å². The minimum Gasteiger partial charge on any atom is -0.378 e. The van der Waals surface area contributed by atoms with Crippen molar-refractivity contribution in [2.45, 2.75) is 26.8 Å². The van der Waals surface area contributed by atoms with Crippen LogP contribution in [-0.2, 0) is 20.0 Å². The predicted molar refractivity (Wildman–Crippen MR) is 76.1 cm³/mol. The number of anilines is 1. The van der Waals surface area contributed by atoms with Gasteiger partial charge >= 0.3 is 0 Å². The van der Waals surface area contributed by atoms with Crippen LogP contribution in [-0.4, -0.2) is 9.78 Å². The maximum Gasteiger partial charge on any atom is 0.0853 e. The van der Waals surface area contributed by atoms with E-state index in [1.165, 1.54) is 11.1 Å². The van der Waals surface area contributed by atoms with Gasteiger partial charge in [-0.3, -0.25) is 4.68 Å². The summed E-state index contributed by atoms with van der Waals surface area (Å²) in [7, 11) is 1.94. The molecule has 0 aliphatic carbocycles. The highest BCUT2D eigenvalue weighted by atomic mass is 35.5. The first kappa shape index (κ1) is 13.0. The van der Waals surface area contributed by atoms with E-state index in [4.69, 9.17) is 11.6 Å². The van der Waals surface area contributed by atoms with E-state index < -0.39 is 0 Å². The number of nitrogens with zero attached hydrogens (tertiary/aromatic N) is 2. The molecule has 18 heavy (non-hydrogen) atoms. The van der Waals surface area contributed by atoms with Crippen molar-refractivity contribution in [2.24, 2.45) is 7.05 Å². The molecule has 0 fully saturated rings. The number of hydrogen-bond donors (Lipinski definition) is 1. The Labute approximate surface area is 113 Å². The first-order chi connectivity index (χ1) is 8.60. The van der Waals surface area contributed by atoms with Crippen molar-refractivity contribution in [3.05, 3.63) is 46.2 Å². The van der Waals surface area contributed by atoms with Gasteiger partial charge in [-0.05, 0) is 36.6 Å². The Hall–Kier alpha value is -1.48. The standard InChI is InChI=1S/C14H18ClN3/c1-4-13-14(9-18(3)17-13)16-8-11-5-6-12(15)7-10(11)2/h5-7,9,16H,4,8H2,1-3H3. The molecular weight excluding hydrogens is 246 g/mol. The maximum atomic E-state index is 5.95. The Morgan fingerprint density at radius 1 is 1.39 bits per heavy atom. The van der Waals surface area contributed by atoms with Crippen molar-refractivity contribution in [2.75, 3.05) is 5.32 Å². The molecule has 0 amide bonds. The van der Waals surface area contributed by atoms with E-state index in [-0.39, 0.29) is 0 Å². The molecule has 4 heteroatoms. The third-order valence-electron chi connectivity index (χ3n) is 3.01. The average molecular weight is 264 g/mol. The van der Waals surface area contributed by atoms with Crippen LogP contribution in [0.5, 0.6) is 0 Å². The summed E-state index contributed by atoms with van der Waals surface area (Å²) in [6, 6.07) is 5.98. The van der Waals surface area contributed by atoms with Gasteiger partial charge in [-0.15, -0.1) is 0 Å². The zero-order valence-electron chi connectivity index (χ0n) is 11.0. The lowest BCUT2D eigenvalue weighted by Crippen LogP contribution is -2.02. The highest BCUT2D eigenvalue weighted by molar-refractivity contribution is 6.30. The maximum absolute atomic E-state index is 5.95. The molecule has 0 saturated heterocycles. The van der Waals surface area contributed by atoms with Crippen molar-refractivity contribution >= 4 is 17.3 Å². The molecule has 0 unspecified atom stereocenters.